The number of aromatic amines is 1. The summed E-state index contributed by atoms with van der Waals surface area (Å²) in [6.45, 7) is 2.27. The van der Waals surface area contributed by atoms with Crippen LogP contribution in [0.25, 0.3) is 5.69 Å². The molecule has 2 aromatic heterocycles. The lowest BCUT2D eigenvalue weighted by Gasteiger charge is -2.26. The third-order valence-corrected chi connectivity index (χ3v) is 9.83. The van der Waals surface area contributed by atoms with Crippen LogP contribution in [-0.2, 0) is 6.42 Å². The van der Waals surface area contributed by atoms with Crippen LogP contribution in [0.1, 0.15) is 115 Å². The summed E-state index contributed by atoms with van der Waals surface area (Å²) < 4.78 is 2.33. The Morgan fingerprint density at radius 1 is 0.646 bits per heavy atom. The summed E-state index contributed by atoms with van der Waals surface area (Å²) in [5, 5.41) is 26.9. The minimum Gasteiger partial charge on any atom is -0.493 e. The van der Waals surface area contributed by atoms with Crippen molar-refractivity contribution in [3.05, 3.63) is 84.5 Å². The Morgan fingerprint density at radius 3 is 1.67 bits per heavy atom. The van der Waals surface area contributed by atoms with Crippen molar-refractivity contribution >= 4 is 57.9 Å². The first-order valence-electron chi connectivity index (χ1n) is 17.4. The molecule has 4 rings (SSSR count). The molecule has 0 aliphatic rings. The number of anilines is 2. The van der Waals surface area contributed by atoms with Gasteiger partial charge in [0.05, 0.1) is 20.8 Å². The predicted molar refractivity (Wildman–Crippen MR) is 201 cm³/mol. The second kappa shape index (κ2) is 19.5. The molecule has 0 atom stereocenters. The number of rotatable bonds is 21. The Hall–Kier alpha value is -2.71. The van der Waals surface area contributed by atoms with Gasteiger partial charge in [-0.05, 0) is 42.7 Å². The van der Waals surface area contributed by atoms with E-state index in [-0.39, 0.29) is 33.3 Å². The molecule has 262 valence electrons. The van der Waals surface area contributed by atoms with Crippen LogP contribution in [0.15, 0.2) is 53.3 Å². The standard InChI is InChI=1S/C37H48Cl4N4O3/c1-2-3-4-5-6-7-8-9-10-11-12-13-14-15-16-17-18-27-19-20-29(39)32(23-27)44(45-34(46)21-22-35(45)47)33-26-36(48)43(42-33)37-30(40)24-28(38)25-31(37)41/h19-26,42,46-47H,2-18H2,1H3. The molecular formula is C37H48Cl4N4O3. The van der Waals surface area contributed by atoms with Crippen LogP contribution in [0.3, 0.4) is 0 Å². The highest BCUT2D eigenvalue weighted by atomic mass is 35.5. The first-order chi connectivity index (χ1) is 23.2. The topological polar surface area (TPSA) is 86.4 Å². The lowest BCUT2D eigenvalue weighted by Crippen LogP contribution is -2.24. The van der Waals surface area contributed by atoms with Gasteiger partial charge in [-0.3, -0.25) is 9.89 Å². The Kier molecular flexibility index (Phi) is 15.5. The molecule has 3 N–H and O–H groups in total. The molecule has 0 saturated carbocycles. The zero-order valence-electron chi connectivity index (χ0n) is 27.8. The fourth-order valence-electron chi connectivity index (χ4n) is 6.12. The number of hydrogen-bond donors (Lipinski definition) is 3. The molecule has 2 aromatic carbocycles. The van der Waals surface area contributed by atoms with Crippen molar-refractivity contribution in [2.75, 3.05) is 5.01 Å². The monoisotopic (exact) mass is 736 g/mol. The summed E-state index contributed by atoms with van der Waals surface area (Å²) in [6, 6.07) is 12.6. The normalized spacial score (nSPS) is 11.4. The maximum Gasteiger partial charge on any atom is 0.273 e. The van der Waals surface area contributed by atoms with E-state index in [1.165, 1.54) is 130 Å². The van der Waals surface area contributed by atoms with E-state index < -0.39 is 5.56 Å². The summed E-state index contributed by atoms with van der Waals surface area (Å²) in [7, 11) is 0. The molecule has 0 radical (unpaired) electrons. The van der Waals surface area contributed by atoms with E-state index in [9.17, 15) is 15.0 Å². The minimum atomic E-state index is -0.479. The highest BCUT2D eigenvalue weighted by molar-refractivity contribution is 6.40. The van der Waals surface area contributed by atoms with Gasteiger partial charge in [0, 0.05) is 23.2 Å². The van der Waals surface area contributed by atoms with E-state index in [2.05, 4.69) is 12.0 Å². The van der Waals surface area contributed by atoms with Crippen LogP contribution in [0, 0.1) is 0 Å². The predicted octanol–water partition coefficient (Wildman–Crippen LogP) is 12.4. The van der Waals surface area contributed by atoms with E-state index in [1.807, 2.05) is 12.1 Å². The molecular weight excluding hydrogens is 690 g/mol. The average molecular weight is 739 g/mol. The van der Waals surface area contributed by atoms with Gasteiger partial charge in [-0.1, -0.05) is 156 Å². The third kappa shape index (κ3) is 10.6. The Labute approximate surface area is 304 Å². The molecule has 11 heteroatoms. The van der Waals surface area contributed by atoms with Gasteiger partial charge in [0.2, 0.25) is 11.8 Å². The SMILES string of the molecule is CCCCCCCCCCCCCCCCCCc1ccc(Cl)c(N(c2cc(=O)n(-c3c(Cl)cc(Cl)cc3Cl)[nH]2)n2c(O)ccc2O)c1. The summed E-state index contributed by atoms with van der Waals surface area (Å²) in [5.74, 6) is -0.323. The number of aryl methyl sites for hydroxylation is 1. The number of hydrogen-bond acceptors (Lipinski definition) is 4. The Morgan fingerprint density at radius 2 is 1.15 bits per heavy atom. The van der Waals surface area contributed by atoms with Gasteiger partial charge >= 0.3 is 0 Å². The smallest absolute Gasteiger partial charge is 0.273 e. The number of H-pyrrole nitrogens is 1. The average Bonchev–Trinajstić information content (AvgIpc) is 3.58. The largest absolute Gasteiger partial charge is 0.493 e. The number of nitrogens with zero attached hydrogens (tertiary/aromatic N) is 3. The maximum absolute atomic E-state index is 13.2. The van der Waals surface area contributed by atoms with Crippen molar-refractivity contribution in [3.8, 4) is 17.4 Å². The molecule has 0 spiro atoms. The number of aromatic nitrogens is 3. The van der Waals surface area contributed by atoms with Crippen molar-refractivity contribution in [3.63, 3.8) is 0 Å². The fraction of sp³-hybridized carbons (Fsp3) is 0.486. The van der Waals surface area contributed by atoms with Crippen molar-refractivity contribution in [2.45, 2.75) is 116 Å². The molecule has 2 heterocycles. The first kappa shape index (κ1) is 38.1. The second-order valence-electron chi connectivity index (χ2n) is 12.5. The highest BCUT2D eigenvalue weighted by Crippen LogP contribution is 2.38. The molecule has 0 amide bonds. The van der Waals surface area contributed by atoms with Gasteiger partial charge in [-0.25, -0.2) is 9.69 Å². The van der Waals surface area contributed by atoms with E-state index >= 15 is 0 Å². The number of unbranched alkanes of at least 4 members (excludes halogenated alkanes) is 15. The van der Waals surface area contributed by atoms with Crippen molar-refractivity contribution in [1.29, 1.82) is 0 Å². The third-order valence-electron chi connectivity index (χ3n) is 8.71. The quantitative estimate of drug-likeness (QED) is 0.0743. The van der Waals surface area contributed by atoms with Crippen LogP contribution in [0.4, 0.5) is 11.5 Å². The molecule has 0 unspecified atom stereocenters. The molecule has 48 heavy (non-hydrogen) atoms. The van der Waals surface area contributed by atoms with Crippen molar-refractivity contribution < 1.29 is 10.2 Å². The number of aromatic hydroxyl groups is 2. The van der Waals surface area contributed by atoms with E-state index in [0.717, 1.165) is 29.5 Å². The summed E-state index contributed by atoms with van der Waals surface area (Å²) >= 11 is 25.6. The molecule has 0 saturated heterocycles. The lowest BCUT2D eigenvalue weighted by atomic mass is 10.0. The van der Waals surface area contributed by atoms with Gasteiger partial charge < -0.3 is 10.2 Å². The highest BCUT2D eigenvalue weighted by Gasteiger charge is 2.24. The van der Waals surface area contributed by atoms with E-state index in [1.54, 1.807) is 6.07 Å². The van der Waals surface area contributed by atoms with Gasteiger partial charge in [0.25, 0.3) is 5.56 Å². The van der Waals surface area contributed by atoms with E-state index in [4.69, 9.17) is 46.4 Å². The maximum atomic E-state index is 13.2. The van der Waals surface area contributed by atoms with Crippen LogP contribution >= 0.6 is 46.4 Å². The second-order valence-corrected chi connectivity index (χ2v) is 14.2. The fourth-order valence-corrected chi connectivity index (χ4v) is 7.30. The molecule has 7 nitrogen and oxygen atoms in total. The van der Waals surface area contributed by atoms with Crippen LogP contribution in [-0.4, -0.2) is 24.7 Å². The summed E-state index contributed by atoms with van der Waals surface area (Å²) in [4.78, 5) is 13.2. The zero-order valence-corrected chi connectivity index (χ0v) is 30.8. The minimum absolute atomic E-state index is 0.167. The first-order valence-corrected chi connectivity index (χ1v) is 18.9. The van der Waals surface area contributed by atoms with Gasteiger partial charge in [-0.2, -0.15) is 4.68 Å². The molecule has 0 fully saturated rings. The Bertz CT molecular complexity index is 1610. The van der Waals surface area contributed by atoms with Crippen LogP contribution in [0.2, 0.25) is 20.1 Å². The molecule has 4 aromatic rings. The number of nitrogens with one attached hydrogen (secondary N) is 1. The van der Waals surface area contributed by atoms with Gasteiger partial charge in [0.1, 0.15) is 5.69 Å². The zero-order chi connectivity index (χ0) is 34.5. The molecule has 0 aliphatic heterocycles. The summed E-state index contributed by atoms with van der Waals surface area (Å²) in [6.07, 6.45) is 21.9. The molecule has 0 bridgehead atoms. The van der Waals surface area contributed by atoms with E-state index in [0.29, 0.717) is 15.7 Å². The van der Waals surface area contributed by atoms with Crippen molar-refractivity contribution in [1.82, 2.24) is 14.5 Å². The Balaban J connectivity index is 1.34. The lowest BCUT2D eigenvalue weighted by molar-refractivity contribution is 0.380. The van der Waals surface area contributed by atoms with Crippen LogP contribution in [0.5, 0.6) is 11.8 Å². The number of benzene rings is 2. The van der Waals surface area contributed by atoms with Gasteiger partial charge in [-0.15, -0.1) is 0 Å². The summed E-state index contributed by atoms with van der Waals surface area (Å²) in [5.41, 5.74) is 1.23. The van der Waals surface area contributed by atoms with Crippen molar-refractivity contribution in [2.24, 2.45) is 0 Å². The number of halogens is 4. The van der Waals surface area contributed by atoms with Gasteiger partial charge in [0.15, 0.2) is 5.82 Å². The van der Waals surface area contributed by atoms with Crippen LogP contribution < -0.4 is 10.6 Å². The molecule has 0 aliphatic carbocycles.